The minimum atomic E-state index is -1.16. The summed E-state index contributed by atoms with van der Waals surface area (Å²) in [4.78, 5) is 46.3. The fourth-order valence-corrected chi connectivity index (χ4v) is 3.90. The fourth-order valence-electron chi connectivity index (χ4n) is 3.90. The zero-order valence-electron chi connectivity index (χ0n) is 18.4. The number of hydrogen-bond acceptors (Lipinski definition) is 5. The molecule has 8 nitrogen and oxygen atoms in total. The topological polar surface area (TPSA) is 109 Å². The zero-order chi connectivity index (χ0) is 24.1. The number of carbonyl (C=O) groups is 3. The lowest BCUT2D eigenvalue weighted by molar-refractivity contribution is -0.128. The molecule has 0 saturated carbocycles. The van der Waals surface area contributed by atoms with Gasteiger partial charge in [0.05, 0.1) is 0 Å². The molecule has 9 heteroatoms. The summed E-state index contributed by atoms with van der Waals surface area (Å²) in [6, 6.07) is 15.7. The van der Waals surface area contributed by atoms with E-state index in [1.54, 1.807) is 12.1 Å². The molecule has 174 valence electrons. The lowest BCUT2D eigenvalue weighted by Gasteiger charge is -2.29. The molecule has 3 amide bonds. The van der Waals surface area contributed by atoms with Crippen LogP contribution in [0.15, 0.2) is 73.1 Å². The van der Waals surface area contributed by atoms with Gasteiger partial charge in [-0.25, -0.2) is 4.39 Å². The minimum absolute atomic E-state index is 0.160. The maximum atomic E-state index is 13.3. The summed E-state index contributed by atoms with van der Waals surface area (Å²) in [7, 11) is 0. The molecular formula is C25H24FN5O3. The lowest BCUT2D eigenvalue weighted by Crippen LogP contribution is -2.53. The Morgan fingerprint density at radius 2 is 1.50 bits per heavy atom. The van der Waals surface area contributed by atoms with Crippen LogP contribution in [0.3, 0.4) is 0 Å². The third kappa shape index (κ3) is 4.94. The number of nitrogens with two attached hydrogens (primary N) is 1. The quantitative estimate of drug-likeness (QED) is 0.583. The van der Waals surface area contributed by atoms with Crippen molar-refractivity contribution < 1.29 is 18.8 Å². The van der Waals surface area contributed by atoms with Crippen LogP contribution in [0.5, 0.6) is 0 Å². The van der Waals surface area contributed by atoms with Crippen molar-refractivity contribution in [1.82, 2.24) is 20.1 Å². The van der Waals surface area contributed by atoms with Crippen LogP contribution in [0.4, 0.5) is 4.39 Å². The van der Waals surface area contributed by atoms with E-state index in [1.807, 2.05) is 24.3 Å². The van der Waals surface area contributed by atoms with Crippen LogP contribution in [0.1, 0.15) is 31.8 Å². The van der Waals surface area contributed by atoms with E-state index in [2.05, 4.69) is 10.3 Å². The van der Waals surface area contributed by atoms with Gasteiger partial charge < -0.3 is 20.9 Å². The smallest absolute Gasteiger partial charge is 0.264 e. The molecule has 3 aromatic rings. The number of halogens is 1. The first-order valence-electron chi connectivity index (χ1n) is 10.8. The molecular weight excluding hydrogens is 437 g/mol. The Labute approximate surface area is 196 Å². The van der Waals surface area contributed by atoms with Crippen molar-refractivity contribution in [3.8, 4) is 0 Å². The summed E-state index contributed by atoms with van der Waals surface area (Å²) >= 11 is 0. The Hall–Kier alpha value is -4.11. The summed E-state index contributed by atoms with van der Waals surface area (Å²) in [6.45, 7) is 0.917. The van der Waals surface area contributed by atoms with Gasteiger partial charge in [0.25, 0.3) is 17.7 Å². The first kappa shape index (κ1) is 23.1. The fraction of sp³-hybridized carbons (Fsp3) is 0.200. The van der Waals surface area contributed by atoms with E-state index in [4.69, 9.17) is 5.73 Å². The molecule has 1 atom stereocenters. The van der Waals surface area contributed by atoms with Gasteiger partial charge in [-0.15, -0.1) is 0 Å². The highest BCUT2D eigenvalue weighted by Crippen LogP contribution is 2.21. The Bertz CT molecular complexity index is 1190. The third-order valence-electron chi connectivity index (χ3n) is 5.64. The van der Waals surface area contributed by atoms with Gasteiger partial charge in [0.15, 0.2) is 6.17 Å². The molecule has 2 heterocycles. The number of hydrogen-bond donors (Lipinski definition) is 2. The van der Waals surface area contributed by atoms with Crippen LogP contribution in [-0.4, -0.2) is 51.8 Å². The van der Waals surface area contributed by atoms with Gasteiger partial charge >= 0.3 is 0 Å². The van der Waals surface area contributed by atoms with Gasteiger partial charge in [-0.1, -0.05) is 24.3 Å². The van der Waals surface area contributed by atoms with Crippen LogP contribution in [-0.2, 0) is 17.9 Å². The molecule has 34 heavy (non-hydrogen) atoms. The highest BCUT2D eigenvalue weighted by atomic mass is 19.1. The summed E-state index contributed by atoms with van der Waals surface area (Å²) in [5.41, 5.74) is 8.06. The van der Waals surface area contributed by atoms with Gasteiger partial charge in [0.1, 0.15) is 5.82 Å². The van der Waals surface area contributed by atoms with E-state index in [-0.39, 0.29) is 31.1 Å². The first-order valence-corrected chi connectivity index (χ1v) is 10.8. The van der Waals surface area contributed by atoms with Crippen LogP contribution in [0, 0.1) is 5.82 Å². The molecule has 1 aromatic heterocycles. The summed E-state index contributed by atoms with van der Waals surface area (Å²) in [6.07, 6.45) is 1.82. The molecule has 1 aliphatic rings. The van der Waals surface area contributed by atoms with Gasteiger partial charge in [0.2, 0.25) is 0 Å². The molecule has 0 radical (unpaired) electrons. The number of rotatable bonds is 6. The summed E-state index contributed by atoms with van der Waals surface area (Å²) in [5, 5.41) is 2.83. The number of amides is 3. The van der Waals surface area contributed by atoms with Gasteiger partial charge in [-0.3, -0.25) is 19.4 Å². The number of pyridine rings is 1. The highest BCUT2D eigenvalue weighted by Gasteiger charge is 2.43. The molecule has 4 rings (SSSR count). The predicted molar refractivity (Wildman–Crippen MR) is 123 cm³/mol. The third-order valence-corrected chi connectivity index (χ3v) is 5.64. The van der Waals surface area contributed by atoms with Crippen molar-refractivity contribution >= 4 is 17.7 Å². The minimum Gasteiger partial charge on any atom is -0.349 e. The molecule has 1 aliphatic heterocycles. The number of nitrogens with one attached hydrogen (secondary N) is 1. The Kier molecular flexibility index (Phi) is 6.93. The molecule has 2 aromatic carbocycles. The zero-order valence-corrected chi connectivity index (χ0v) is 18.4. The van der Waals surface area contributed by atoms with Crippen molar-refractivity contribution in [2.24, 2.45) is 5.73 Å². The number of carbonyl (C=O) groups excluding carboxylic acids is 3. The second kappa shape index (κ2) is 10.2. The molecule has 0 aliphatic carbocycles. The normalized spacial score (nSPS) is 15.3. The maximum absolute atomic E-state index is 13.3. The molecule has 1 fully saturated rings. The van der Waals surface area contributed by atoms with Gasteiger partial charge in [-0.2, -0.15) is 0 Å². The second-order valence-corrected chi connectivity index (χ2v) is 7.86. The highest BCUT2D eigenvalue weighted by molar-refractivity contribution is 6.02. The Balaban J connectivity index is 1.59. The maximum Gasteiger partial charge on any atom is 0.264 e. The molecule has 0 bridgehead atoms. The van der Waals surface area contributed by atoms with E-state index < -0.39 is 23.8 Å². The van der Waals surface area contributed by atoms with E-state index in [0.717, 1.165) is 11.1 Å². The van der Waals surface area contributed by atoms with Crippen molar-refractivity contribution in [2.45, 2.75) is 19.3 Å². The van der Waals surface area contributed by atoms with Crippen LogP contribution >= 0.6 is 0 Å². The number of aromatic nitrogens is 1. The monoisotopic (exact) mass is 461 g/mol. The Morgan fingerprint density at radius 3 is 2.12 bits per heavy atom. The van der Waals surface area contributed by atoms with Crippen LogP contribution in [0.2, 0.25) is 0 Å². The van der Waals surface area contributed by atoms with E-state index >= 15 is 0 Å². The Morgan fingerprint density at radius 1 is 0.912 bits per heavy atom. The van der Waals surface area contributed by atoms with Crippen molar-refractivity contribution in [1.29, 1.82) is 0 Å². The average Bonchev–Trinajstić information content (AvgIpc) is 3.33. The second-order valence-electron chi connectivity index (χ2n) is 7.86. The predicted octanol–water partition coefficient (Wildman–Crippen LogP) is 1.92. The standard InChI is InChI=1S/C25H24FN5O3/c26-21-6-4-19(5-7-21)24(33)30-12-13-31(25(34)20-8-10-28-11-9-20)23(30)22(32)29-16-18-3-1-2-17(14-18)15-27/h1-11,14,23H,12-13,15-16,27H2,(H,29,32). The average molecular weight is 461 g/mol. The lowest BCUT2D eigenvalue weighted by atomic mass is 10.1. The number of benzene rings is 2. The SMILES string of the molecule is NCc1cccc(CNC(=O)C2N(C(=O)c3ccncc3)CCN2C(=O)c2ccc(F)cc2)c1. The number of nitrogens with zero attached hydrogens (tertiary/aromatic N) is 3. The van der Waals surface area contributed by atoms with Crippen molar-refractivity contribution in [2.75, 3.05) is 13.1 Å². The van der Waals surface area contributed by atoms with Gasteiger partial charge in [0, 0.05) is 49.7 Å². The molecule has 0 spiro atoms. The van der Waals surface area contributed by atoms with Crippen LogP contribution in [0.25, 0.3) is 0 Å². The molecule has 1 saturated heterocycles. The first-order chi connectivity index (χ1) is 16.5. The van der Waals surface area contributed by atoms with E-state index in [9.17, 15) is 18.8 Å². The van der Waals surface area contributed by atoms with Crippen molar-refractivity contribution in [3.63, 3.8) is 0 Å². The molecule has 1 unspecified atom stereocenters. The van der Waals surface area contributed by atoms with E-state index in [0.29, 0.717) is 12.1 Å². The van der Waals surface area contributed by atoms with Crippen LogP contribution < -0.4 is 11.1 Å². The van der Waals surface area contributed by atoms with Gasteiger partial charge in [-0.05, 0) is 47.5 Å². The largest absolute Gasteiger partial charge is 0.349 e. The summed E-state index contributed by atoms with van der Waals surface area (Å²) < 4.78 is 13.3. The van der Waals surface area contributed by atoms with E-state index in [1.165, 1.54) is 46.5 Å². The summed E-state index contributed by atoms with van der Waals surface area (Å²) in [5.74, 6) is -1.81. The molecule has 3 N–H and O–H groups in total. The van der Waals surface area contributed by atoms with Crippen molar-refractivity contribution in [3.05, 3.63) is 101 Å².